The molecule has 1 saturated heterocycles. The summed E-state index contributed by atoms with van der Waals surface area (Å²) in [6.07, 6.45) is 1.60. The van der Waals surface area contributed by atoms with Crippen molar-refractivity contribution in [3.63, 3.8) is 0 Å². The van der Waals surface area contributed by atoms with Gasteiger partial charge in [0, 0.05) is 49.5 Å². The third-order valence-electron chi connectivity index (χ3n) is 5.81. The van der Waals surface area contributed by atoms with Crippen LogP contribution in [0.5, 0.6) is 11.5 Å². The Morgan fingerprint density at radius 1 is 0.971 bits per heavy atom. The molecule has 0 aliphatic carbocycles. The zero-order valence-corrected chi connectivity index (χ0v) is 19.7. The number of anilines is 1. The van der Waals surface area contributed by atoms with E-state index in [1.807, 2.05) is 30.3 Å². The van der Waals surface area contributed by atoms with Gasteiger partial charge in [0.15, 0.2) is 0 Å². The molecule has 9 heteroatoms. The summed E-state index contributed by atoms with van der Waals surface area (Å²) in [4.78, 5) is 2.43. The van der Waals surface area contributed by atoms with Gasteiger partial charge in [-0.25, -0.2) is 12.4 Å². The van der Waals surface area contributed by atoms with Crippen LogP contribution in [0, 0.1) is 11.3 Å². The molecule has 0 saturated carbocycles. The molecule has 1 aliphatic rings. The van der Waals surface area contributed by atoms with Gasteiger partial charge in [0.05, 0.1) is 21.0 Å². The molecule has 0 atom stereocenters. The Morgan fingerprint density at radius 3 is 2.44 bits per heavy atom. The van der Waals surface area contributed by atoms with Crippen molar-refractivity contribution in [1.82, 2.24) is 9.29 Å². The molecule has 0 radical (unpaired) electrons. The predicted octanol–water partition coefficient (Wildman–Crippen LogP) is 4.61. The SMILES string of the molecule is N#Cc1cc(Oc2ccc(S(=O)(=O)n3ccc4c(N5CCNCC5)cccc43)cc2)ccc1Cl. The first kappa shape index (κ1) is 22.3. The maximum absolute atomic E-state index is 13.4. The molecule has 3 aromatic carbocycles. The summed E-state index contributed by atoms with van der Waals surface area (Å²) < 4.78 is 34.0. The van der Waals surface area contributed by atoms with E-state index in [2.05, 4.69) is 10.2 Å². The Bertz CT molecular complexity index is 1500. The first-order chi connectivity index (χ1) is 16.5. The van der Waals surface area contributed by atoms with E-state index in [9.17, 15) is 8.42 Å². The van der Waals surface area contributed by atoms with Gasteiger partial charge in [-0.3, -0.25) is 0 Å². The van der Waals surface area contributed by atoms with E-state index in [1.165, 1.54) is 22.2 Å². The second-order valence-electron chi connectivity index (χ2n) is 7.89. The van der Waals surface area contributed by atoms with E-state index in [0.717, 1.165) is 37.3 Å². The number of hydrogen-bond donors (Lipinski definition) is 1. The Kier molecular flexibility index (Phi) is 5.92. The lowest BCUT2D eigenvalue weighted by molar-refractivity contribution is 0.482. The van der Waals surface area contributed by atoms with Crippen LogP contribution in [-0.2, 0) is 10.0 Å². The number of benzene rings is 3. The van der Waals surface area contributed by atoms with Crippen LogP contribution in [0.1, 0.15) is 5.56 Å². The standard InChI is InChI=1S/C25H21ClN4O3S/c26-23-9-6-20(16-18(23)17-27)33-19-4-7-21(8-5-19)34(31,32)30-13-10-22-24(2-1-3-25(22)30)29-14-11-28-12-15-29/h1-10,13,16,28H,11-12,14-15H2. The van der Waals surface area contributed by atoms with Gasteiger partial charge < -0.3 is 15.0 Å². The highest BCUT2D eigenvalue weighted by atomic mass is 35.5. The highest BCUT2D eigenvalue weighted by molar-refractivity contribution is 7.90. The number of nitrogens with one attached hydrogen (secondary N) is 1. The van der Waals surface area contributed by atoms with Crippen LogP contribution in [0.2, 0.25) is 5.02 Å². The average molecular weight is 493 g/mol. The van der Waals surface area contributed by atoms with Gasteiger partial charge >= 0.3 is 0 Å². The number of piperazine rings is 1. The molecule has 0 spiro atoms. The van der Waals surface area contributed by atoms with Crippen molar-refractivity contribution in [2.45, 2.75) is 4.90 Å². The zero-order valence-electron chi connectivity index (χ0n) is 18.1. The van der Waals surface area contributed by atoms with Gasteiger partial charge in [-0.1, -0.05) is 17.7 Å². The molecule has 34 heavy (non-hydrogen) atoms. The summed E-state index contributed by atoms with van der Waals surface area (Å²) in [6.45, 7) is 3.55. The summed E-state index contributed by atoms with van der Waals surface area (Å²) in [5.41, 5.74) is 1.98. The number of ether oxygens (including phenoxy) is 1. The molecular weight excluding hydrogens is 472 g/mol. The smallest absolute Gasteiger partial charge is 0.268 e. The normalized spacial score (nSPS) is 14.2. The fourth-order valence-electron chi connectivity index (χ4n) is 4.10. The highest BCUT2D eigenvalue weighted by Gasteiger charge is 2.21. The summed E-state index contributed by atoms with van der Waals surface area (Å²) in [5, 5.41) is 13.7. The van der Waals surface area contributed by atoms with E-state index in [1.54, 1.807) is 30.5 Å². The number of fused-ring (bicyclic) bond motifs is 1. The van der Waals surface area contributed by atoms with Crippen LogP contribution < -0.4 is 15.0 Å². The molecule has 0 bridgehead atoms. The minimum absolute atomic E-state index is 0.152. The number of hydrogen-bond acceptors (Lipinski definition) is 6. The lowest BCUT2D eigenvalue weighted by Gasteiger charge is -2.30. The quantitative estimate of drug-likeness (QED) is 0.438. The van der Waals surface area contributed by atoms with Crippen molar-refractivity contribution in [2.24, 2.45) is 0 Å². The van der Waals surface area contributed by atoms with E-state index >= 15 is 0 Å². The van der Waals surface area contributed by atoms with Crippen LogP contribution in [0.25, 0.3) is 10.9 Å². The van der Waals surface area contributed by atoms with Crippen LogP contribution in [0.3, 0.4) is 0 Å². The summed E-state index contributed by atoms with van der Waals surface area (Å²) >= 11 is 5.96. The van der Waals surface area contributed by atoms with Gasteiger partial charge in [-0.05, 0) is 54.6 Å². The second kappa shape index (κ2) is 9.03. The number of nitrogens with zero attached hydrogens (tertiary/aromatic N) is 3. The Balaban J connectivity index is 1.43. The Labute approximate surface area is 202 Å². The minimum atomic E-state index is -3.81. The fraction of sp³-hybridized carbons (Fsp3) is 0.160. The number of aromatic nitrogens is 1. The molecule has 0 unspecified atom stereocenters. The molecule has 5 rings (SSSR count). The van der Waals surface area contributed by atoms with Crippen LogP contribution in [0.4, 0.5) is 5.69 Å². The van der Waals surface area contributed by atoms with Crippen LogP contribution >= 0.6 is 11.6 Å². The predicted molar refractivity (Wildman–Crippen MR) is 132 cm³/mol. The fourth-order valence-corrected chi connectivity index (χ4v) is 5.61. The molecule has 4 aromatic rings. The van der Waals surface area contributed by atoms with Crippen molar-refractivity contribution < 1.29 is 13.2 Å². The number of nitriles is 1. The van der Waals surface area contributed by atoms with Gasteiger partial charge in [-0.2, -0.15) is 5.26 Å². The van der Waals surface area contributed by atoms with Crippen molar-refractivity contribution >= 4 is 38.2 Å². The number of rotatable bonds is 5. The molecule has 1 fully saturated rings. The summed E-state index contributed by atoms with van der Waals surface area (Å²) in [7, 11) is -3.81. The first-order valence-corrected chi connectivity index (χ1v) is 12.6. The van der Waals surface area contributed by atoms with Gasteiger partial charge in [0.1, 0.15) is 17.6 Å². The van der Waals surface area contributed by atoms with Crippen molar-refractivity contribution in [2.75, 3.05) is 31.1 Å². The Morgan fingerprint density at radius 2 is 1.71 bits per heavy atom. The molecule has 1 aliphatic heterocycles. The average Bonchev–Trinajstić information content (AvgIpc) is 3.31. The second-order valence-corrected chi connectivity index (χ2v) is 10.1. The molecule has 1 aromatic heterocycles. The molecule has 1 N–H and O–H groups in total. The summed E-state index contributed by atoms with van der Waals surface area (Å²) in [5.74, 6) is 0.886. The molecule has 0 amide bonds. The van der Waals surface area contributed by atoms with E-state index in [4.69, 9.17) is 21.6 Å². The van der Waals surface area contributed by atoms with Crippen molar-refractivity contribution in [1.29, 1.82) is 5.26 Å². The van der Waals surface area contributed by atoms with Crippen LogP contribution in [-0.4, -0.2) is 38.6 Å². The van der Waals surface area contributed by atoms with Gasteiger partial charge in [0.25, 0.3) is 10.0 Å². The van der Waals surface area contributed by atoms with Crippen molar-refractivity contribution in [3.8, 4) is 17.6 Å². The molecule has 2 heterocycles. The lowest BCUT2D eigenvalue weighted by Crippen LogP contribution is -2.43. The third kappa shape index (κ3) is 4.10. The van der Waals surface area contributed by atoms with E-state index in [-0.39, 0.29) is 4.90 Å². The van der Waals surface area contributed by atoms with Crippen molar-refractivity contribution in [3.05, 3.63) is 83.5 Å². The Hall–Kier alpha value is -3.51. The molecular formula is C25H21ClN4O3S. The maximum Gasteiger partial charge on any atom is 0.268 e. The summed E-state index contributed by atoms with van der Waals surface area (Å²) in [6, 6.07) is 20.6. The molecule has 172 valence electrons. The monoisotopic (exact) mass is 492 g/mol. The minimum Gasteiger partial charge on any atom is -0.457 e. The van der Waals surface area contributed by atoms with Crippen LogP contribution in [0.15, 0.2) is 77.8 Å². The topological polar surface area (TPSA) is 87.4 Å². The highest BCUT2D eigenvalue weighted by Crippen LogP contribution is 2.31. The maximum atomic E-state index is 13.4. The van der Waals surface area contributed by atoms with E-state index in [0.29, 0.717) is 27.6 Å². The van der Waals surface area contributed by atoms with Gasteiger partial charge in [0.2, 0.25) is 0 Å². The first-order valence-electron chi connectivity index (χ1n) is 10.8. The number of halogens is 1. The largest absolute Gasteiger partial charge is 0.457 e. The lowest BCUT2D eigenvalue weighted by atomic mass is 10.2. The molecule has 7 nitrogen and oxygen atoms in total. The van der Waals surface area contributed by atoms with E-state index < -0.39 is 10.0 Å². The van der Waals surface area contributed by atoms with Gasteiger partial charge in [-0.15, -0.1) is 0 Å². The third-order valence-corrected chi connectivity index (χ3v) is 7.84. The zero-order chi connectivity index (χ0) is 23.7.